The van der Waals surface area contributed by atoms with Crippen molar-refractivity contribution in [1.29, 1.82) is 0 Å². The van der Waals surface area contributed by atoms with Gasteiger partial charge in [-0.15, -0.1) is 0 Å². The van der Waals surface area contributed by atoms with E-state index in [4.69, 9.17) is 21.1 Å². The SMILES string of the molecule is CCCOC(=O)C1C2C=CC3(CN(c4ccc(F)c(Cl)c4)C(=O)C13)O2. The van der Waals surface area contributed by atoms with E-state index in [0.29, 0.717) is 18.7 Å². The van der Waals surface area contributed by atoms with Gasteiger partial charge in [0.2, 0.25) is 5.91 Å². The maximum Gasteiger partial charge on any atom is 0.312 e. The highest BCUT2D eigenvalue weighted by molar-refractivity contribution is 6.31. The number of carbonyl (C=O) groups excluding carboxylic acids is 2. The zero-order valence-electron chi connectivity index (χ0n) is 13.6. The van der Waals surface area contributed by atoms with Gasteiger partial charge in [0.1, 0.15) is 17.3 Å². The summed E-state index contributed by atoms with van der Waals surface area (Å²) in [6.07, 6.45) is 3.96. The van der Waals surface area contributed by atoms with Crippen molar-refractivity contribution in [1.82, 2.24) is 0 Å². The number of anilines is 1. The van der Waals surface area contributed by atoms with Gasteiger partial charge in [0, 0.05) is 5.69 Å². The Morgan fingerprint density at radius 3 is 3.04 bits per heavy atom. The van der Waals surface area contributed by atoms with E-state index in [0.717, 1.165) is 0 Å². The quantitative estimate of drug-likeness (QED) is 0.608. The first-order valence-electron chi connectivity index (χ1n) is 8.27. The molecule has 2 saturated heterocycles. The number of hydrogen-bond donors (Lipinski definition) is 0. The van der Waals surface area contributed by atoms with E-state index in [1.54, 1.807) is 0 Å². The molecule has 7 heteroatoms. The monoisotopic (exact) mass is 365 g/mol. The number of carbonyl (C=O) groups is 2. The van der Waals surface area contributed by atoms with Crippen LogP contribution in [0.25, 0.3) is 0 Å². The van der Waals surface area contributed by atoms with Crippen LogP contribution >= 0.6 is 11.6 Å². The van der Waals surface area contributed by atoms with Gasteiger partial charge in [0.05, 0.1) is 30.2 Å². The number of ether oxygens (including phenoxy) is 2. The molecule has 5 nitrogen and oxygen atoms in total. The molecule has 2 bridgehead atoms. The molecule has 0 radical (unpaired) electrons. The van der Waals surface area contributed by atoms with Crippen LogP contribution in [0.4, 0.5) is 10.1 Å². The molecule has 1 spiro atoms. The summed E-state index contributed by atoms with van der Waals surface area (Å²) in [5.41, 5.74) is -0.347. The lowest BCUT2D eigenvalue weighted by atomic mass is 9.77. The van der Waals surface area contributed by atoms with E-state index >= 15 is 0 Å². The van der Waals surface area contributed by atoms with Gasteiger partial charge in [-0.3, -0.25) is 9.59 Å². The Bertz CT molecular complexity index is 782. The molecule has 132 valence electrons. The van der Waals surface area contributed by atoms with Crippen LogP contribution in [0.15, 0.2) is 30.4 Å². The van der Waals surface area contributed by atoms with E-state index in [2.05, 4.69) is 0 Å². The Balaban J connectivity index is 1.65. The van der Waals surface area contributed by atoms with Gasteiger partial charge >= 0.3 is 5.97 Å². The summed E-state index contributed by atoms with van der Waals surface area (Å²) in [7, 11) is 0. The Morgan fingerprint density at radius 1 is 1.52 bits per heavy atom. The summed E-state index contributed by atoms with van der Waals surface area (Å²) < 4.78 is 24.7. The third-order valence-electron chi connectivity index (χ3n) is 5.04. The highest BCUT2D eigenvalue weighted by Gasteiger charge is 2.67. The number of hydrogen-bond acceptors (Lipinski definition) is 4. The fourth-order valence-electron chi connectivity index (χ4n) is 3.94. The third kappa shape index (κ3) is 2.39. The number of rotatable bonds is 4. The van der Waals surface area contributed by atoms with Crippen LogP contribution in [0, 0.1) is 17.7 Å². The lowest BCUT2D eigenvalue weighted by molar-refractivity contribution is -0.152. The average Bonchev–Trinajstić information content (AvgIpc) is 3.23. The van der Waals surface area contributed by atoms with Crippen molar-refractivity contribution in [3.05, 3.63) is 41.2 Å². The largest absolute Gasteiger partial charge is 0.465 e. The topological polar surface area (TPSA) is 55.8 Å². The van der Waals surface area contributed by atoms with Crippen LogP contribution in [0.3, 0.4) is 0 Å². The van der Waals surface area contributed by atoms with Crippen molar-refractivity contribution >= 4 is 29.2 Å². The Morgan fingerprint density at radius 2 is 2.32 bits per heavy atom. The lowest BCUT2D eigenvalue weighted by Gasteiger charge is -2.22. The standard InChI is InChI=1S/C18H17ClFNO4/c1-2-7-24-17(23)14-13-5-6-18(25-13)9-21(16(22)15(14)18)10-3-4-12(20)11(19)8-10/h3-6,8,13-15H,2,7,9H2,1H3. The van der Waals surface area contributed by atoms with Crippen molar-refractivity contribution in [2.45, 2.75) is 25.0 Å². The van der Waals surface area contributed by atoms with Gasteiger partial charge in [-0.05, 0) is 24.6 Å². The number of fused-ring (bicyclic) bond motifs is 1. The molecule has 3 aliphatic rings. The van der Waals surface area contributed by atoms with Crippen LogP contribution in [-0.4, -0.2) is 36.7 Å². The number of halogens is 2. The molecule has 3 aliphatic heterocycles. The smallest absolute Gasteiger partial charge is 0.312 e. The van der Waals surface area contributed by atoms with Crippen LogP contribution in [0.5, 0.6) is 0 Å². The van der Waals surface area contributed by atoms with Crippen molar-refractivity contribution in [3.63, 3.8) is 0 Å². The molecular weight excluding hydrogens is 349 g/mol. The number of amides is 1. The fraction of sp³-hybridized carbons (Fsp3) is 0.444. The molecule has 4 atom stereocenters. The lowest BCUT2D eigenvalue weighted by Crippen LogP contribution is -2.40. The van der Waals surface area contributed by atoms with Gasteiger partial charge in [0.15, 0.2) is 0 Å². The van der Waals surface area contributed by atoms with Gasteiger partial charge in [-0.25, -0.2) is 4.39 Å². The molecule has 3 heterocycles. The van der Waals surface area contributed by atoms with E-state index in [1.807, 2.05) is 19.1 Å². The molecular formula is C18H17ClFNO4. The minimum absolute atomic E-state index is 0.0560. The molecule has 1 amide bonds. The van der Waals surface area contributed by atoms with Crippen LogP contribution in [-0.2, 0) is 19.1 Å². The summed E-state index contributed by atoms with van der Waals surface area (Å²) in [5.74, 6) is -2.46. The summed E-state index contributed by atoms with van der Waals surface area (Å²) in [4.78, 5) is 27.0. The molecule has 25 heavy (non-hydrogen) atoms. The summed E-state index contributed by atoms with van der Waals surface area (Å²) in [6, 6.07) is 4.13. The minimum atomic E-state index is -0.835. The molecule has 4 rings (SSSR count). The first-order valence-corrected chi connectivity index (χ1v) is 8.65. The first kappa shape index (κ1) is 16.5. The van der Waals surface area contributed by atoms with Gasteiger partial charge in [0.25, 0.3) is 0 Å². The molecule has 0 aromatic heterocycles. The van der Waals surface area contributed by atoms with E-state index in [1.165, 1.54) is 23.1 Å². The average molecular weight is 366 g/mol. The zero-order chi connectivity index (χ0) is 17.8. The van der Waals surface area contributed by atoms with Crippen molar-refractivity contribution in [2.24, 2.45) is 11.8 Å². The molecule has 2 fully saturated rings. The number of esters is 1. The Hall–Kier alpha value is -1.92. The molecule has 0 aliphatic carbocycles. The van der Waals surface area contributed by atoms with Gasteiger partial charge < -0.3 is 14.4 Å². The maximum atomic E-state index is 13.4. The summed E-state index contributed by atoms with van der Waals surface area (Å²) >= 11 is 5.84. The maximum absolute atomic E-state index is 13.4. The second kappa shape index (κ2) is 5.81. The van der Waals surface area contributed by atoms with Crippen LogP contribution in [0.1, 0.15) is 13.3 Å². The molecule has 0 N–H and O–H groups in total. The van der Waals surface area contributed by atoms with Crippen molar-refractivity contribution in [3.8, 4) is 0 Å². The zero-order valence-corrected chi connectivity index (χ0v) is 14.3. The van der Waals surface area contributed by atoms with E-state index in [-0.39, 0.29) is 17.5 Å². The molecule has 0 saturated carbocycles. The minimum Gasteiger partial charge on any atom is -0.465 e. The summed E-state index contributed by atoms with van der Waals surface area (Å²) in [6.45, 7) is 2.49. The highest BCUT2D eigenvalue weighted by atomic mass is 35.5. The number of nitrogens with zero attached hydrogens (tertiary/aromatic N) is 1. The van der Waals surface area contributed by atoms with Crippen molar-refractivity contribution < 1.29 is 23.5 Å². The normalized spacial score (nSPS) is 32.4. The van der Waals surface area contributed by atoms with Gasteiger partial charge in [-0.1, -0.05) is 30.7 Å². The van der Waals surface area contributed by atoms with Crippen molar-refractivity contribution in [2.75, 3.05) is 18.1 Å². The number of benzene rings is 1. The second-order valence-electron chi connectivity index (χ2n) is 6.59. The predicted octanol–water partition coefficient (Wildman–Crippen LogP) is 2.72. The van der Waals surface area contributed by atoms with E-state index in [9.17, 15) is 14.0 Å². The van der Waals surface area contributed by atoms with Gasteiger partial charge in [-0.2, -0.15) is 0 Å². The summed E-state index contributed by atoms with van der Waals surface area (Å²) in [5, 5.41) is -0.0560. The highest BCUT2D eigenvalue weighted by Crippen LogP contribution is 2.53. The Labute approximate surface area is 149 Å². The predicted molar refractivity (Wildman–Crippen MR) is 88.7 cm³/mol. The fourth-order valence-corrected chi connectivity index (χ4v) is 4.11. The second-order valence-corrected chi connectivity index (χ2v) is 7.00. The van der Waals surface area contributed by atoms with Crippen LogP contribution < -0.4 is 4.90 Å². The molecule has 1 aromatic rings. The van der Waals surface area contributed by atoms with Crippen LogP contribution in [0.2, 0.25) is 5.02 Å². The molecule has 1 aromatic carbocycles. The Kier molecular flexibility index (Phi) is 3.85. The third-order valence-corrected chi connectivity index (χ3v) is 5.33. The molecule has 4 unspecified atom stereocenters. The first-order chi connectivity index (χ1) is 12.0. The van der Waals surface area contributed by atoms with E-state index < -0.39 is 35.3 Å².